The molecule has 0 fully saturated rings. The Morgan fingerprint density at radius 1 is 0.312 bits per heavy atom. The van der Waals surface area contributed by atoms with Crippen LogP contribution in [-0.4, -0.2) is 6.15 Å². The zero-order valence-electron chi connectivity index (χ0n) is 18.4. The van der Waals surface area contributed by atoms with Crippen molar-refractivity contribution in [3.05, 3.63) is 146 Å². The summed E-state index contributed by atoms with van der Waals surface area (Å²) in [4.78, 5) is 0. The van der Waals surface area contributed by atoms with Gasteiger partial charge in [0.1, 0.15) is 6.15 Å². The van der Waals surface area contributed by atoms with Gasteiger partial charge in [0.25, 0.3) is 0 Å². The first-order valence-electron chi connectivity index (χ1n) is 10.9. The molecule has 0 aliphatic heterocycles. The van der Waals surface area contributed by atoms with E-state index in [1.807, 2.05) is 0 Å². The van der Waals surface area contributed by atoms with Crippen LogP contribution in [0.3, 0.4) is 0 Å². The zero-order chi connectivity index (χ0) is 20.9. The topological polar surface area (TPSA) is 0 Å². The minimum absolute atomic E-state index is 0. The molecule has 5 aromatic rings. The van der Waals surface area contributed by atoms with Crippen molar-refractivity contribution in [3.63, 3.8) is 0 Å². The molecule has 0 aliphatic carbocycles. The Labute approximate surface area is 194 Å². The lowest BCUT2D eigenvalue weighted by Gasteiger charge is -2.44. The van der Waals surface area contributed by atoms with E-state index in [-0.39, 0.29) is 9.90 Å². The van der Waals surface area contributed by atoms with Crippen molar-refractivity contribution >= 4 is 37.9 Å². The Kier molecular flexibility index (Phi) is 6.69. The molecule has 0 saturated carbocycles. The van der Waals surface area contributed by atoms with Gasteiger partial charge in [-0.05, 0) is 21.0 Å². The van der Waals surface area contributed by atoms with Crippen LogP contribution in [0.1, 0.15) is 0 Å². The van der Waals surface area contributed by atoms with Crippen LogP contribution in [0.4, 0.5) is 0 Å². The predicted molar refractivity (Wildman–Crippen MR) is 148 cm³/mol. The molecule has 0 aromatic heterocycles. The van der Waals surface area contributed by atoms with Crippen LogP contribution in [0, 0.1) is 0 Å². The van der Waals surface area contributed by atoms with Gasteiger partial charge in [0.15, 0.2) is 0 Å². The van der Waals surface area contributed by atoms with Crippen LogP contribution >= 0.6 is 9.90 Å². The van der Waals surface area contributed by atoms with Crippen molar-refractivity contribution in [2.75, 3.05) is 0 Å². The molecule has 5 aromatic carbocycles. The monoisotopic (exact) mass is 430 g/mol. The highest BCUT2D eigenvalue weighted by Crippen LogP contribution is 2.19. The van der Waals surface area contributed by atoms with Gasteiger partial charge >= 0.3 is 0 Å². The number of rotatable bonds is 5. The summed E-state index contributed by atoms with van der Waals surface area (Å²) in [6.07, 6.45) is -1.33. The summed E-state index contributed by atoms with van der Waals surface area (Å²) in [6.45, 7) is 0. The molecule has 0 N–H and O–H groups in total. The number of hydrogen-bond donors (Lipinski definition) is 0. The van der Waals surface area contributed by atoms with Crippen molar-refractivity contribution in [2.45, 2.75) is 0 Å². The largest absolute Gasteiger partial charge is 0.195 e. The van der Waals surface area contributed by atoms with E-state index in [0.29, 0.717) is 0 Å². The maximum Gasteiger partial charge on any atom is 0.108 e. The molecule has 1 unspecified atom stereocenters. The van der Waals surface area contributed by atoms with Crippen molar-refractivity contribution in [3.8, 4) is 11.1 Å². The standard InChI is InChI=1S/C30H24B.H3P/c1-5-14-25(15-6-1)26-16-13-23-30(24-26)31(27-17-7-2-8-18-27,28-19-9-3-10-20-28)29-21-11-4-12-22-29;/h1-24H;1H3/q-1;/p+1. The zero-order valence-corrected chi connectivity index (χ0v) is 20.4. The smallest absolute Gasteiger partial charge is 0.108 e. The lowest BCUT2D eigenvalue weighted by Crippen LogP contribution is -2.74. The van der Waals surface area contributed by atoms with Crippen molar-refractivity contribution < 1.29 is 0 Å². The van der Waals surface area contributed by atoms with Gasteiger partial charge < -0.3 is 0 Å². The van der Waals surface area contributed by atoms with Crippen molar-refractivity contribution in [2.24, 2.45) is 0 Å². The van der Waals surface area contributed by atoms with E-state index in [4.69, 9.17) is 0 Å². The molecule has 0 saturated heterocycles. The first-order valence-corrected chi connectivity index (χ1v) is 10.9. The van der Waals surface area contributed by atoms with Gasteiger partial charge in [-0.2, -0.15) is 21.9 Å². The van der Waals surface area contributed by atoms with E-state index >= 15 is 0 Å². The first-order chi connectivity index (χ1) is 15.4. The fraction of sp³-hybridized carbons (Fsp3) is 0. The summed E-state index contributed by atoms with van der Waals surface area (Å²) in [5.74, 6) is 0. The lowest BCUT2D eigenvalue weighted by atomic mass is 9.13. The minimum atomic E-state index is -1.33. The van der Waals surface area contributed by atoms with E-state index < -0.39 is 6.15 Å². The summed E-state index contributed by atoms with van der Waals surface area (Å²) in [6, 6.07) is 52.6. The molecule has 0 spiro atoms. The molecular formula is C30H28BP. The van der Waals surface area contributed by atoms with Gasteiger partial charge in [-0.1, -0.05) is 146 Å². The molecule has 1 atom stereocenters. The molecule has 32 heavy (non-hydrogen) atoms. The molecule has 0 radical (unpaired) electrons. The van der Waals surface area contributed by atoms with E-state index in [1.54, 1.807) is 0 Å². The average molecular weight is 430 g/mol. The molecule has 0 aliphatic rings. The lowest BCUT2D eigenvalue weighted by molar-refractivity contribution is 1.62. The predicted octanol–water partition coefficient (Wildman–Crippen LogP) is 4.52. The Morgan fingerprint density at radius 3 is 1.09 bits per heavy atom. The maximum absolute atomic E-state index is 2.38. The highest BCUT2D eigenvalue weighted by molar-refractivity contribution is 7.19. The molecule has 2 heteroatoms. The number of hydrogen-bond acceptors (Lipinski definition) is 0. The molecule has 0 nitrogen and oxygen atoms in total. The van der Waals surface area contributed by atoms with Gasteiger partial charge in [0, 0.05) is 0 Å². The SMILES string of the molecule is [PH4+].c1ccc(-c2cccc([B-](c3ccccc3)(c3ccccc3)c3ccccc3)c2)cc1. The minimum Gasteiger partial charge on any atom is -0.195 e. The summed E-state index contributed by atoms with van der Waals surface area (Å²) in [5.41, 5.74) is 7.78. The van der Waals surface area contributed by atoms with Crippen molar-refractivity contribution in [1.29, 1.82) is 0 Å². The normalized spacial score (nSPS) is 10.9. The Morgan fingerprint density at radius 2 is 0.656 bits per heavy atom. The third-order valence-corrected chi connectivity index (χ3v) is 6.39. The second-order valence-electron chi connectivity index (χ2n) is 8.09. The average Bonchev–Trinajstić information content (AvgIpc) is 2.87. The van der Waals surface area contributed by atoms with Crippen LogP contribution in [-0.2, 0) is 0 Å². The summed E-state index contributed by atoms with van der Waals surface area (Å²) in [5, 5.41) is 0. The second kappa shape index (κ2) is 9.81. The van der Waals surface area contributed by atoms with Crippen LogP contribution in [0.25, 0.3) is 11.1 Å². The molecule has 0 heterocycles. The van der Waals surface area contributed by atoms with Gasteiger partial charge in [0.2, 0.25) is 0 Å². The summed E-state index contributed by atoms with van der Waals surface area (Å²) in [7, 11) is 0. The molecule has 0 amide bonds. The van der Waals surface area contributed by atoms with Gasteiger partial charge in [-0.15, -0.1) is 0 Å². The molecule has 156 valence electrons. The third kappa shape index (κ3) is 3.93. The van der Waals surface area contributed by atoms with E-state index in [2.05, 4.69) is 146 Å². The van der Waals surface area contributed by atoms with Crippen molar-refractivity contribution in [1.82, 2.24) is 0 Å². The van der Waals surface area contributed by atoms with E-state index in [9.17, 15) is 0 Å². The van der Waals surface area contributed by atoms with Gasteiger partial charge in [-0.3, -0.25) is 0 Å². The van der Waals surface area contributed by atoms with E-state index in [1.165, 1.54) is 33.0 Å². The Bertz CT molecular complexity index is 1160. The first kappa shape index (κ1) is 21.8. The second-order valence-corrected chi connectivity index (χ2v) is 8.09. The quantitative estimate of drug-likeness (QED) is 0.284. The van der Waals surface area contributed by atoms with Gasteiger partial charge in [-0.25, -0.2) is 0 Å². The highest BCUT2D eigenvalue weighted by atomic mass is 31.0. The Balaban J connectivity index is 0.00000245. The van der Waals surface area contributed by atoms with Crippen LogP contribution in [0.5, 0.6) is 0 Å². The van der Waals surface area contributed by atoms with Crippen LogP contribution < -0.4 is 21.9 Å². The number of benzene rings is 5. The molecule has 0 bridgehead atoms. The third-order valence-electron chi connectivity index (χ3n) is 6.39. The van der Waals surface area contributed by atoms with E-state index in [0.717, 1.165) is 0 Å². The summed E-state index contributed by atoms with van der Waals surface area (Å²) >= 11 is 0. The molecular weight excluding hydrogens is 402 g/mol. The van der Waals surface area contributed by atoms with Gasteiger partial charge in [0.05, 0.1) is 0 Å². The summed E-state index contributed by atoms with van der Waals surface area (Å²) < 4.78 is 0. The Hall–Kier alpha value is -3.41. The highest BCUT2D eigenvalue weighted by Gasteiger charge is 2.31. The molecule has 5 rings (SSSR count). The maximum atomic E-state index is 2.38. The van der Waals surface area contributed by atoms with Crippen LogP contribution in [0.2, 0.25) is 0 Å². The van der Waals surface area contributed by atoms with Crippen LogP contribution in [0.15, 0.2) is 146 Å². The fourth-order valence-electron chi connectivity index (χ4n) is 5.00. The fourth-order valence-corrected chi connectivity index (χ4v) is 5.00.